The molecule has 0 spiro atoms. The highest BCUT2D eigenvalue weighted by atomic mass is 16.1. The van der Waals surface area contributed by atoms with Crippen molar-refractivity contribution in [3.63, 3.8) is 0 Å². The Balaban J connectivity index is 3.89. The third-order valence-electron chi connectivity index (χ3n) is 3.23. The highest BCUT2D eigenvalue weighted by Gasteiger charge is 2.18. The van der Waals surface area contributed by atoms with Gasteiger partial charge in [0.1, 0.15) is 0 Å². The Morgan fingerprint density at radius 3 is 2.39 bits per heavy atom. The predicted molar refractivity (Wildman–Crippen MR) is 78.3 cm³/mol. The largest absolute Gasteiger partial charge is 0.356 e. The molecule has 3 heteroatoms. The van der Waals surface area contributed by atoms with Gasteiger partial charge in [0.05, 0.1) is 0 Å². The van der Waals surface area contributed by atoms with Gasteiger partial charge in [0, 0.05) is 13.0 Å². The number of carbonyl (C=O) groups excluding carboxylic acids is 1. The molecule has 3 nitrogen and oxygen atoms in total. The summed E-state index contributed by atoms with van der Waals surface area (Å²) in [5.74, 6) is 1.15. The van der Waals surface area contributed by atoms with Gasteiger partial charge < -0.3 is 11.1 Å². The second-order valence-electron chi connectivity index (χ2n) is 6.73. The third-order valence-corrected chi connectivity index (χ3v) is 3.23. The molecule has 0 bridgehead atoms. The van der Waals surface area contributed by atoms with Crippen molar-refractivity contribution >= 4 is 5.91 Å². The number of hydrogen-bond donors (Lipinski definition) is 2. The van der Waals surface area contributed by atoms with E-state index in [4.69, 9.17) is 5.73 Å². The van der Waals surface area contributed by atoms with Crippen LogP contribution in [0.15, 0.2) is 0 Å². The van der Waals surface area contributed by atoms with Gasteiger partial charge in [-0.1, -0.05) is 41.0 Å². The summed E-state index contributed by atoms with van der Waals surface area (Å²) in [4.78, 5) is 11.8. The van der Waals surface area contributed by atoms with Crippen molar-refractivity contribution in [2.45, 2.75) is 60.3 Å². The summed E-state index contributed by atoms with van der Waals surface area (Å²) in [7, 11) is 0. The first-order chi connectivity index (χ1) is 8.28. The number of nitrogens with two attached hydrogens (primary N) is 1. The van der Waals surface area contributed by atoms with E-state index < -0.39 is 0 Å². The molecule has 0 aliphatic carbocycles. The smallest absolute Gasteiger partial charge is 0.220 e. The van der Waals surface area contributed by atoms with E-state index in [1.165, 1.54) is 0 Å². The molecule has 0 heterocycles. The van der Waals surface area contributed by atoms with E-state index >= 15 is 0 Å². The van der Waals surface area contributed by atoms with Gasteiger partial charge in [0.2, 0.25) is 5.91 Å². The van der Waals surface area contributed by atoms with Gasteiger partial charge in [-0.25, -0.2) is 0 Å². The lowest BCUT2D eigenvalue weighted by Crippen LogP contribution is -2.31. The van der Waals surface area contributed by atoms with E-state index in [2.05, 4.69) is 39.9 Å². The first-order valence-electron chi connectivity index (χ1n) is 7.25. The summed E-state index contributed by atoms with van der Waals surface area (Å²) in [5, 5.41) is 3.04. The van der Waals surface area contributed by atoms with Crippen LogP contribution < -0.4 is 11.1 Å². The number of carbonyl (C=O) groups is 1. The van der Waals surface area contributed by atoms with E-state index in [9.17, 15) is 4.79 Å². The van der Waals surface area contributed by atoms with E-state index in [1.807, 2.05) is 0 Å². The second kappa shape index (κ2) is 8.52. The van der Waals surface area contributed by atoms with Crippen LogP contribution in [-0.4, -0.2) is 19.0 Å². The molecule has 0 rings (SSSR count). The Morgan fingerprint density at radius 2 is 1.94 bits per heavy atom. The molecule has 0 saturated heterocycles. The first kappa shape index (κ1) is 17.4. The fourth-order valence-corrected chi connectivity index (χ4v) is 2.45. The molecule has 1 amide bonds. The van der Waals surface area contributed by atoms with Crippen LogP contribution >= 0.6 is 0 Å². The molecule has 0 aromatic carbocycles. The van der Waals surface area contributed by atoms with Crippen LogP contribution in [0.4, 0.5) is 0 Å². The van der Waals surface area contributed by atoms with Gasteiger partial charge in [-0.2, -0.15) is 0 Å². The Kier molecular flexibility index (Phi) is 8.25. The molecule has 18 heavy (non-hydrogen) atoms. The van der Waals surface area contributed by atoms with Crippen molar-refractivity contribution in [3.8, 4) is 0 Å². The number of nitrogens with one attached hydrogen (secondary N) is 1. The number of rotatable bonds is 8. The van der Waals surface area contributed by atoms with Crippen molar-refractivity contribution in [2.24, 2.45) is 23.0 Å². The van der Waals surface area contributed by atoms with E-state index in [1.54, 1.807) is 0 Å². The Hall–Kier alpha value is -0.570. The quantitative estimate of drug-likeness (QED) is 0.701. The molecule has 0 saturated carbocycles. The number of hydrogen-bond acceptors (Lipinski definition) is 2. The molecular weight excluding hydrogens is 224 g/mol. The van der Waals surface area contributed by atoms with Crippen molar-refractivity contribution < 1.29 is 4.79 Å². The normalized spacial score (nSPS) is 15.2. The lowest BCUT2D eigenvalue weighted by molar-refractivity contribution is -0.122. The summed E-state index contributed by atoms with van der Waals surface area (Å²) in [6.45, 7) is 12.4. The highest BCUT2D eigenvalue weighted by Crippen LogP contribution is 2.25. The van der Waals surface area contributed by atoms with Crippen molar-refractivity contribution in [1.82, 2.24) is 5.32 Å². The van der Waals surface area contributed by atoms with Gasteiger partial charge in [-0.05, 0) is 36.6 Å². The van der Waals surface area contributed by atoms with E-state index in [-0.39, 0.29) is 5.91 Å². The first-order valence-corrected chi connectivity index (χ1v) is 7.25. The standard InChI is InChI=1S/C15H32N2O/c1-6-13(7-8-16)11-17-14(18)9-12(2)10-15(3,4)5/h12-13H,6-11,16H2,1-5H3,(H,17,18). The minimum Gasteiger partial charge on any atom is -0.356 e. The average molecular weight is 256 g/mol. The second-order valence-corrected chi connectivity index (χ2v) is 6.73. The average Bonchev–Trinajstić information content (AvgIpc) is 2.21. The SMILES string of the molecule is CCC(CCN)CNC(=O)CC(C)CC(C)(C)C. The Bertz CT molecular complexity index is 233. The molecule has 2 unspecified atom stereocenters. The van der Waals surface area contributed by atoms with Crippen LogP contribution in [-0.2, 0) is 4.79 Å². The minimum atomic E-state index is 0.183. The summed E-state index contributed by atoms with van der Waals surface area (Å²) < 4.78 is 0. The molecule has 0 aliphatic heterocycles. The zero-order chi connectivity index (χ0) is 14.2. The van der Waals surface area contributed by atoms with Crippen LogP contribution in [0.5, 0.6) is 0 Å². The molecule has 2 atom stereocenters. The maximum Gasteiger partial charge on any atom is 0.220 e. The molecule has 108 valence electrons. The molecule has 0 radical (unpaired) electrons. The fourth-order valence-electron chi connectivity index (χ4n) is 2.45. The van der Waals surface area contributed by atoms with Crippen molar-refractivity contribution in [3.05, 3.63) is 0 Å². The van der Waals surface area contributed by atoms with Crippen LogP contribution in [0.3, 0.4) is 0 Å². The van der Waals surface area contributed by atoms with E-state index in [0.29, 0.717) is 30.2 Å². The van der Waals surface area contributed by atoms with Gasteiger partial charge >= 0.3 is 0 Å². The van der Waals surface area contributed by atoms with Crippen LogP contribution in [0.1, 0.15) is 60.3 Å². The fraction of sp³-hybridized carbons (Fsp3) is 0.933. The van der Waals surface area contributed by atoms with E-state index in [0.717, 1.165) is 25.8 Å². The lowest BCUT2D eigenvalue weighted by atomic mass is 9.84. The summed E-state index contributed by atoms with van der Waals surface area (Å²) in [6, 6.07) is 0. The molecular formula is C15H32N2O. The van der Waals surface area contributed by atoms with Crippen LogP contribution in [0.2, 0.25) is 0 Å². The minimum absolute atomic E-state index is 0.183. The third kappa shape index (κ3) is 9.46. The maximum atomic E-state index is 11.8. The maximum absolute atomic E-state index is 11.8. The molecule has 0 aliphatic rings. The lowest BCUT2D eigenvalue weighted by Gasteiger charge is -2.23. The van der Waals surface area contributed by atoms with Gasteiger partial charge in [0.25, 0.3) is 0 Å². The summed E-state index contributed by atoms with van der Waals surface area (Å²) in [6.07, 6.45) is 3.79. The summed E-state index contributed by atoms with van der Waals surface area (Å²) >= 11 is 0. The zero-order valence-electron chi connectivity index (χ0n) is 12.9. The molecule has 0 aromatic rings. The topological polar surface area (TPSA) is 55.1 Å². The van der Waals surface area contributed by atoms with Gasteiger partial charge in [-0.15, -0.1) is 0 Å². The van der Waals surface area contributed by atoms with Crippen molar-refractivity contribution in [1.29, 1.82) is 0 Å². The monoisotopic (exact) mass is 256 g/mol. The predicted octanol–water partition coefficient (Wildman–Crippen LogP) is 2.94. The van der Waals surface area contributed by atoms with Crippen LogP contribution in [0, 0.1) is 17.3 Å². The van der Waals surface area contributed by atoms with Gasteiger partial charge in [-0.3, -0.25) is 4.79 Å². The molecule has 3 N–H and O–H groups in total. The zero-order valence-corrected chi connectivity index (χ0v) is 12.9. The number of amides is 1. The molecule has 0 aromatic heterocycles. The molecule has 0 fully saturated rings. The van der Waals surface area contributed by atoms with Crippen molar-refractivity contribution in [2.75, 3.05) is 13.1 Å². The Morgan fingerprint density at radius 1 is 1.33 bits per heavy atom. The summed E-state index contributed by atoms with van der Waals surface area (Å²) in [5.41, 5.74) is 5.85. The van der Waals surface area contributed by atoms with Gasteiger partial charge in [0.15, 0.2) is 0 Å². The highest BCUT2D eigenvalue weighted by molar-refractivity contribution is 5.76. The Labute approximate surface area is 113 Å². The van der Waals surface area contributed by atoms with Crippen LogP contribution in [0.25, 0.3) is 0 Å².